The van der Waals surface area contributed by atoms with E-state index < -0.39 is 0 Å². The SMILES string of the molecule is CCOc1nc2ccc(OC[C@H]3C[C@H](OC[C@H](C)NC(C)=O)C3)cc2s1. The fourth-order valence-electron chi connectivity index (χ4n) is 2.99. The van der Waals surface area contributed by atoms with Gasteiger partial charge in [0.15, 0.2) is 0 Å². The van der Waals surface area contributed by atoms with E-state index in [1.165, 1.54) is 6.92 Å². The van der Waals surface area contributed by atoms with Crippen LogP contribution in [0.5, 0.6) is 10.9 Å². The number of nitrogens with one attached hydrogen (secondary N) is 1. The van der Waals surface area contributed by atoms with E-state index >= 15 is 0 Å². The Morgan fingerprint density at radius 1 is 1.38 bits per heavy atom. The van der Waals surface area contributed by atoms with Crippen molar-refractivity contribution in [1.29, 1.82) is 0 Å². The maximum atomic E-state index is 11.0. The zero-order chi connectivity index (χ0) is 18.5. The average Bonchev–Trinajstić information content (AvgIpc) is 2.94. The Labute approximate surface area is 157 Å². The van der Waals surface area contributed by atoms with E-state index in [1.54, 1.807) is 11.3 Å². The lowest BCUT2D eigenvalue weighted by Crippen LogP contribution is -2.40. The summed E-state index contributed by atoms with van der Waals surface area (Å²) < 4.78 is 18.3. The number of aromatic nitrogens is 1. The number of hydrogen-bond acceptors (Lipinski definition) is 6. The number of ether oxygens (including phenoxy) is 3. The molecule has 1 aliphatic carbocycles. The van der Waals surface area contributed by atoms with Crippen molar-refractivity contribution in [3.8, 4) is 10.9 Å². The zero-order valence-corrected chi connectivity index (χ0v) is 16.3. The summed E-state index contributed by atoms with van der Waals surface area (Å²) in [5.74, 6) is 1.37. The van der Waals surface area contributed by atoms with E-state index in [4.69, 9.17) is 14.2 Å². The molecule has 7 heteroatoms. The molecule has 0 saturated heterocycles. The van der Waals surface area contributed by atoms with Crippen LogP contribution in [-0.4, -0.2) is 42.9 Å². The average molecular weight is 378 g/mol. The highest BCUT2D eigenvalue weighted by atomic mass is 32.1. The van der Waals surface area contributed by atoms with Gasteiger partial charge in [0.25, 0.3) is 5.19 Å². The van der Waals surface area contributed by atoms with Crippen LogP contribution >= 0.6 is 11.3 Å². The molecule has 6 nitrogen and oxygen atoms in total. The zero-order valence-electron chi connectivity index (χ0n) is 15.5. The summed E-state index contributed by atoms with van der Waals surface area (Å²) in [4.78, 5) is 15.4. The Bertz CT molecular complexity index is 742. The molecule has 1 fully saturated rings. The Hall–Kier alpha value is -1.86. The molecule has 1 atom stereocenters. The first-order chi connectivity index (χ1) is 12.5. The number of carbonyl (C=O) groups is 1. The van der Waals surface area contributed by atoms with E-state index in [1.807, 2.05) is 32.0 Å². The van der Waals surface area contributed by atoms with Crippen molar-refractivity contribution in [3.05, 3.63) is 18.2 Å². The second-order valence-corrected chi connectivity index (χ2v) is 7.74. The maximum Gasteiger partial charge on any atom is 0.274 e. The molecule has 0 radical (unpaired) electrons. The first kappa shape index (κ1) is 18.9. The van der Waals surface area contributed by atoms with Gasteiger partial charge in [0.2, 0.25) is 5.91 Å². The number of thiazole rings is 1. The van der Waals surface area contributed by atoms with Crippen molar-refractivity contribution in [2.45, 2.75) is 45.8 Å². The van der Waals surface area contributed by atoms with Gasteiger partial charge in [-0.05, 0) is 50.8 Å². The van der Waals surface area contributed by atoms with Gasteiger partial charge >= 0.3 is 0 Å². The minimum Gasteiger partial charge on any atom is -0.493 e. The van der Waals surface area contributed by atoms with E-state index in [2.05, 4.69) is 10.3 Å². The highest BCUT2D eigenvalue weighted by Gasteiger charge is 2.30. The molecule has 1 amide bonds. The van der Waals surface area contributed by atoms with Crippen LogP contribution in [-0.2, 0) is 9.53 Å². The molecule has 0 bridgehead atoms. The minimum absolute atomic E-state index is 0.0210. The van der Waals surface area contributed by atoms with E-state index in [0.717, 1.165) is 28.8 Å². The molecule has 3 rings (SSSR count). The summed E-state index contributed by atoms with van der Waals surface area (Å²) in [6.45, 7) is 7.31. The molecule has 1 aromatic carbocycles. The minimum atomic E-state index is -0.0210. The summed E-state index contributed by atoms with van der Waals surface area (Å²) in [7, 11) is 0. The number of fused-ring (bicyclic) bond motifs is 1. The van der Waals surface area contributed by atoms with Gasteiger partial charge in [0.05, 0.1) is 36.1 Å². The van der Waals surface area contributed by atoms with E-state index in [0.29, 0.717) is 30.9 Å². The molecule has 0 aliphatic heterocycles. The van der Waals surface area contributed by atoms with Crippen molar-refractivity contribution >= 4 is 27.5 Å². The van der Waals surface area contributed by atoms with Crippen LogP contribution in [0, 0.1) is 5.92 Å². The summed E-state index contributed by atoms with van der Waals surface area (Å²) in [5.41, 5.74) is 0.941. The number of amides is 1. The highest BCUT2D eigenvalue weighted by molar-refractivity contribution is 7.20. The molecule has 0 unspecified atom stereocenters. The predicted octanol–water partition coefficient (Wildman–Crippen LogP) is 3.39. The third-order valence-electron chi connectivity index (χ3n) is 4.32. The summed E-state index contributed by atoms with van der Waals surface area (Å²) in [6.07, 6.45) is 2.28. The van der Waals surface area contributed by atoms with Crippen molar-refractivity contribution in [2.24, 2.45) is 5.92 Å². The second-order valence-electron chi connectivity index (χ2n) is 6.75. The van der Waals surface area contributed by atoms with Crippen LogP contribution < -0.4 is 14.8 Å². The number of hydrogen-bond donors (Lipinski definition) is 1. The van der Waals surface area contributed by atoms with E-state index in [-0.39, 0.29) is 18.1 Å². The van der Waals surface area contributed by atoms with Crippen LogP contribution in [0.2, 0.25) is 0 Å². The third-order valence-corrected chi connectivity index (χ3v) is 5.25. The first-order valence-electron chi connectivity index (χ1n) is 9.08. The van der Waals surface area contributed by atoms with Crippen LogP contribution in [0.25, 0.3) is 10.2 Å². The number of nitrogens with zero attached hydrogens (tertiary/aromatic N) is 1. The molecule has 142 valence electrons. The Balaban J connectivity index is 1.39. The van der Waals surface area contributed by atoms with Crippen molar-refractivity contribution in [3.63, 3.8) is 0 Å². The first-order valence-corrected chi connectivity index (χ1v) is 9.90. The van der Waals surface area contributed by atoms with Crippen molar-refractivity contribution in [1.82, 2.24) is 10.3 Å². The summed E-state index contributed by atoms with van der Waals surface area (Å²) in [5, 5.41) is 3.53. The fourth-order valence-corrected chi connectivity index (χ4v) is 3.89. The highest BCUT2D eigenvalue weighted by Crippen LogP contribution is 2.33. The van der Waals surface area contributed by atoms with Crippen LogP contribution in [0.4, 0.5) is 0 Å². The normalized spacial score (nSPS) is 20.4. The molecule has 1 N–H and O–H groups in total. The largest absolute Gasteiger partial charge is 0.493 e. The second kappa shape index (κ2) is 8.68. The lowest BCUT2D eigenvalue weighted by molar-refractivity contribution is -0.120. The quantitative estimate of drug-likeness (QED) is 0.724. The molecular weight excluding hydrogens is 352 g/mol. The number of rotatable bonds is 9. The number of carbonyl (C=O) groups excluding carboxylic acids is 1. The lowest BCUT2D eigenvalue weighted by Gasteiger charge is -2.35. The van der Waals surface area contributed by atoms with Gasteiger partial charge in [0, 0.05) is 13.0 Å². The van der Waals surface area contributed by atoms with Gasteiger partial charge in [-0.2, -0.15) is 0 Å². The number of benzene rings is 1. The third kappa shape index (κ3) is 5.08. The lowest BCUT2D eigenvalue weighted by atomic mass is 9.83. The predicted molar refractivity (Wildman–Crippen MR) is 102 cm³/mol. The summed E-state index contributed by atoms with van der Waals surface area (Å²) >= 11 is 1.54. The smallest absolute Gasteiger partial charge is 0.274 e. The molecule has 0 spiro atoms. The summed E-state index contributed by atoms with van der Waals surface area (Å²) in [6, 6.07) is 6.01. The topological polar surface area (TPSA) is 69.7 Å². The monoisotopic (exact) mass is 378 g/mol. The van der Waals surface area contributed by atoms with Gasteiger partial charge in [-0.3, -0.25) is 4.79 Å². The van der Waals surface area contributed by atoms with Gasteiger partial charge in [-0.25, -0.2) is 4.98 Å². The van der Waals surface area contributed by atoms with Crippen molar-refractivity contribution < 1.29 is 19.0 Å². The van der Waals surface area contributed by atoms with Gasteiger partial charge in [-0.1, -0.05) is 11.3 Å². The molecule has 1 saturated carbocycles. The van der Waals surface area contributed by atoms with Gasteiger partial charge in [-0.15, -0.1) is 0 Å². The van der Waals surface area contributed by atoms with Crippen LogP contribution in [0.3, 0.4) is 0 Å². The van der Waals surface area contributed by atoms with Gasteiger partial charge < -0.3 is 19.5 Å². The van der Waals surface area contributed by atoms with Gasteiger partial charge in [0.1, 0.15) is 5.75 Å². The fraction of sp³-hybridized carbons (Fsp3) is 0.579. The molecule has 1 heterocycles. The molecular formula is C19H26N2O4S. The Morgan fingerprint density at radius 2 is 2.19 bits per heavy atom. The molecule has 1 aliphatic rings. The van der Waals surface area contributed by atoms with Crippen molar-refractivity contribution in [2.75, 3.05) is 19.8 Å². The van der Waals surface area contributed by atoms with Crippen LogP contribution in [0.15, 0.2) is 18.2 Å². The Kier molecular flexibility index (Phi) is 6.32. The molecule has 26 heavy (non-hydrogen) atoms. The Morgan fingerprint density at radius 3 is 2.92 bits per heavy atom. The van der Waals surface area contributed by atoms with E-state index in [9.17, 15) is 4.79 Å². The standard InChI is InChI=1S/C19H26N2O4S/c1-4-23-19-21-17-6-5-15(9-18(17)26-19)25-11-14-7-16(8-14)24-10-12(2)20-13(3)22/h5-6,9,12,14,16H,4,7-8,10-11H2,1-3H3,(H,20,22)/t12-,14-,16-/m0/s1. The molecule has 2 aromatic rings. The molecule has 1 aromatic heterocycles. The maximum absolute atomic E-state index is 11.0. The van der Waals surface area contributed by atoms with Crippen LogP contribution in [0.1, 0.15) is 33.6 Å².